The molecule has 1 atom stereocenters. The van der Waals surface area contributed by atoms with Crippen LogP contribution in [0.2, 0.25) is 0 Å². The topological polar surface area (TPSA) is 33.1 Å². The van der Waals surface area contributed by atoms with Gasteiger partial charge in [-0.15, -0.1) is 0 Å². The van der Waals surface area contributed by atoms with Gasteiger partial charge in [-0.05, 0) is 38.8 Å². The molecule has 4 nitrogen and oxygen atoms in total. The van der Waals surface area contributed by atoms with Gasteiger partial charge in [0.1, 0.15) is 0 Å². The number of nitrogens with zero attached hydrogens (tertiary/aromatic N) is 3. The van der Waals surface area contributed by atoms with Gasteiger partial charge >= 0.3 is 0 Å². The summed E-state index contributed by atoms with van der Waals surface area (Å²) >= 11 is 0. The van der Waals surface area contributed by atoms with E-state index in [1.165, 1.54) is 51.0 Å². The normalized spacial score (nSPS) is 19.4. The van der Waals surface area contributed by atoms with Crippen LogP contribution in [-0.2, 0) is 13.1 Å². The van der Waals surface area contributed by atoms with Crippen LogP contribution in [0, 0.1) is 0 Å². The zero-order valence-corrected chi connectivity index (χ0v) is 12.4. The lowest BCUT2D eigenvalue weighted by Gasteiger charge is -2.25. The van der Waals surface area contributed by atoms with Crippen LogP contribution in [0.15, 0.2) is 12.5 Å². The van der Waals surface area contributed by atoms with E-state index < -0.39 is 0 Å². The van der Waals surface area contributed by atoms with Crippen molar-refractivity contribution in [2.24, 2.45) is 0 Å². The molecule has 1 unspecified atom stereocenters. The third kappa shape index (κ3) is 4.32. The molecule has 0 bridgehead atoms. The van der Waals surface area contributed by atoms with Crippen molar-refractivity contribution in [3.8, 4) is 0 Å². The van der Waals surface area contributed by atoms with Crippen molar-refractivity contribution in [1.29, 1.82) is 0 Å². The highest BCUT2D eigenvalue weighted by molar-refractivity contribution is 4.98. The standard InChI is InChI=1S/C15H28N4/c1-3-8-18(11-14-6-5-7-17-14)12-15-10-16-13-19(15)9-4-2/h10,13-14,17H,3-9,11-12H2,1-2H3. The van der Waals surface area contributed by atoms with Gasteiger partial charge in [0.05, 0.1) is 12.0 Å². The SMILES string of the molecule is CCCN(Cc1cncn1CCC)CC1CCCN1. The van der Waals surface area contributed by atoms with E-state index in [4.69, 9.17) is 0 Å². The Labute approximate surface area is 117 Å². The van der Waals surface area contributed by atoms with E-state index in [2.05, 4.69) is 33.6 Å². The van der Waals surface area contributed by atoms with Gasteiger partial charge in [-0.3, -0.25) is 4.90 Å². The third-order valence-corrected chi connectivity index (χ3v) is 3.83. The van der Waals surface area contributed by atoms with Gasteiger partial charge < -0.3 is 9.88 Å². The lowest BCUT2D eigenvalue weighted by molar-refractivity contribution is 0.236. The lowest BCUT2D eigenvalue weighted by Crippen LogP contribution is -2.38. The Kier molecular flexibility index (Phi) is 5.86. The predicted octanol–water partition coefficient (Wildman–Crippen LogP) is 2.26. The van der Waals surface area contributed by atoms with Crippen molar-refractivity contribution in [1.82, 2.24) is 19.8 Å². The maximum absolute atomic E-state index is 4.31. The van der Waals surface area contributed by atoms with E-state index in [0.717, 1.165) is 13.1 Å². The van der Waals surface area contributed by atoms with Crippen molar-refractivity contribution in [2.75, 3.05) is 19.6 Å². The number of nitrogens with one attached hydrogen (secondary N) is 1. The zero-order valence-electron chi connectivity index (χ0n) is 12.4. The maximum atomic E-state index is 4.31. The fraction of sp³-hybridized carbons (Fsp3) is 0.800. The first-order valence-electron chi connectivity index (χ1n) is 7.78. The van der Waals surface area contributed by atoms with Gasteiger partial charge in [0.25, 0.3) is 0 Å². The molecule has 1 saturated heterocycles. The van der Waals surface area contributed by atoms with Crippen LogP contribution >= 0.6 is 0 Å². The number of aryl methyl sites for hydroxylation is 1. The number of aromatic nitrogens is 2. The minimum Gasteiger partial charge on any atom is -0.333 e. The summed E-state index contributed by atoms with van der Waals surface area (Å²) in [5.74, 6) is 0. The van der Waals surface area contributed by atoms with Gasteiger partial charge in [0, 0.05) is 31.9 Å². The van der Waals surface area contributed by atoms with Crippen LogP contribution in [0.5, 0.6) is 0 Å². The van der Waals surface area contributed by atoms with Crippen molar-refractivity contribution >= 4 is 0 Å². The molecule has 2 rings (SSSR count). The second kappa shape index (κ2) is 7.65. The first-order valence-corrected chi connectivity index (χ1v) is 7.78. The highest BCUT2D eigenvalue weighted by Gasteiger charge is 2.18. The largest absolute Gasteiger partial charge is 0.333 e. The second-order valence-corrected chi connectivity index (χ2v) is 5.61. The minimum atomic E-state index is 0.689. The summed E-state index contributed by atoms with van der Waals surface area (Å²) in [4.78, 5) is 6.88. The van der Waals surface area contributed by atoms with Gasteiger partial charge in [0.15, 0.2) is 0 Å². The smallest absolute Gasteiger partial charge is 0.0948 e. The molecule has 1 aliphatic heterocycles. The number of rotatable bonds is 8. The number of hydrogen-bond donors (Lipinski definition) is 1. The summed E-state index contributed by atoms with van der Waals surface area (Å²) in [6.45, 7) is 10.1. The summed E-state index contributed by atoms with van der Waals surface area (Å²) in [5, 5.41) is 3.60. The summed E-state index contributed by atoms with van der Waals surface area (Å²) in [7, 11) is 0. The maximum Gasteiger partial charge on any atom is 0.0948 e. The van der Waals surface area contributed by atoms with Crippen LogP contribution in [-0.4, -0.2) is 40.1 Å². The Morgan fingerprint density at radius 3 is 3.00 bits per heavy atom. The highest BCUT2D eigenvalue weighted by Crippen LogP contribution is 2.11. The molecule has 0 spiro atoms. The molecule has 0 radical (unpaired) electrons. The first-order chi connectivity index (χ1) is 9.33. The molecule has 1 N–H and O–H groups in total. The quantitative estimate of drug-likeness (QED) is 0.782. The molecule has 1 aromatic rings. The van der Waals surface area contributed by atoms with Crippen LogP contribution in [0.1, 0.15) is 45.2 Å². The van der Waals surface area contributed by atoms with Crippen LogP contribution in [0.25, 0.3) is 0 Å². The molecule has 0 saturated carbocycles. The van der Waals surface area contributed by atoms with E-state index in [0.29, 0.717) is 6.04 Å². The summed E-state index contributed by atoms with van der Waals surface area (Å²) in [5.41, 5.74) is 1.35. The van der Waals surface area contributed by atoms with E-state index >= 15 is 0 Å². The molecule has 1 aliphatic rings. The van der Waals surface area contributed by atoms with E-state index in [1.54, 1.807) is 0 Å². The van der Waals surface area contributed by atoms with Crippen LogP contribution in [0.3, 0.4) is 0 Å². The molecule has 0 amide bonds. The highest BCUT2D eigenvalue weighted by atomic mass is 15.2. The Bertz CT molecular complexity index is 355. The second-order valence-electron chi connectivity index (χ2n) is 5.61. The van der Waals surface area contributed by atoms with Gasteiger partial charge in [-0.2, -0.15) is 0 Å². The average molecular weight is 264 g/mol. The molecular formula is C15H28N4. The summed E-state index contributed by atoms with van der Waals surface area (Å²) in [6.07, 6.45) is 9.04. The summed E-state index contributed by atoms with van der Waals surface area (Å²) in [6, 6.07) is 0.689. The predicted molar refractivity (Wildman–Crippen MR) is 79.1 cm³/mol. The van der Waals surface area contributed by atoms with Crippen LogP contribution < -0.4 is 5.32 Å². The molecule has 19 heavy (non-hydrogen) atoms. The molecule has 1 fully saturated rings. The number of imidazole rings is 1. The van der Waals surface area contributed by atoms with Crippen molar-refractivity contribution < 1.29 is 0 Å². The fourth-order valence-corrected chi connectivity index (χ4v) is 2.93. The molecule has 108 valence electrons. The molecule has 4 heteroatoms. The van der Waals surface area contributed by atoms with Crippen molar-refractivity contribution in [3.63, 3.8) is 0 Å². The van der Waals surface area contributed by atoms with E-state index in [9.17, 15) is 0 Å². The Morgan fingerprint density at radius 1 is 1.42 bits per heavy atom. The molecular weight excluding hydrogens is 236 g/mol. The third-order valence-electron chi connectivity index (χ3n) is 3.83. The molecule has 0 aliphatic carbocycles. The number of hydrogen-bond acceptors (Lipinski definition) is 3. The minimum absolute atomic E-state index is 0.689. The first kappa shape index (κ1) is 14.5. The molecule has 0 aromatic carbocycles. The Balaban J connectivity index is 1.92. The zero-order chi connectivity index (χ0) is 13.5. The van der Waals surface area contributed by atoms with Gasteiger partial charge in [-0.25, -0.2) is 4.98 Å². The Morgan fingerprint density at radius 2 is 2.32 bits per heavy atom. The van der Waals surface area contributed by atoms with Gasteiger partial charge in [-0.1, -0.05) is 13.8 Å². The monoisotopic (exact) mass is 264 g/mol. The Hall–Kier alpha value is -0.870. The molecule has 1 aromatic heterocycles. The van der Waals surface area contributed by atoms with Crippen molar-refractivity contribution in [3.05, 3.63) is 18.2 Å². The molecule has 2 heterocycles. The van der Waals surface area contributed by atoms with Gasteiger partial charge in [0.2, 0.25) is 0 Å². The fourth-order valence-electron chi connectivity index (χ4n) is 2.93. The average Bonchev–Trinajstić information content (AvgIpc) is 3.03. The summed E-state index contributed by atoms with van der Waals surface area (Å²) < 4.78 is 2.30. The van der Waals surface area contributed by atoms with Crippen LogP contribution in [0.4, 0.5) is 0 Å². The lowest BCUT2D eigenvalue weighted by atomic mass is 10.2. The van der Waals surface area contributed by atoms with Crippen molar-refractivity contribution in [2.45, 2.75) is 58.7 Å². The van der Waals surface area contributed by atoms with E-state index in [-0.39, 0.29) is 0 Å². The van der Waals surface area contributed by atoms with E-state index in [1.807, 2.05) is 12.5 Å².